The predicted molar refractivity (Wildman–Crippen MR) is 85.2 cm³/mol. The Bertz CT molecular complexity index is 560. The summed E-state index contributed by atoms with van der Waals surface area (Å²) in [5, 5.41) is 11.8. The van der Waals surface area contributed by atoms with Crippen molar-refractivity contribution in [1.82, 2.24) is 4.98 Å². The normalized spacial score (nSPS) is 10.6. The number of nitrogens with two attached hydrogens (primary N) is 1. The van der Waals surface area contributed by atoms with Crippen LogP contribution in [0.4, 0.5) is 5.69 Å². The van der Waals surface area contributed by atoms with Gasteiger partial charge in [0.15, 0.2) is 0 Å². The van der Waals surface area contributed by atoms with Crippen molar-refractivity contribution in [1.29, 1.82) is 5.41 Å². The maximum Gasteiger partial charge on any atom is 0.0933 e. The van der Waals surface area contributed by atoms with Gasteiger partial charge in [0.2, 0.25) is 0 Å². The van der Waals surface area contributed by atoms with Gasteiger partial charge in [-0.25, -0.2) is 0 Å². The van der Waals surface area contributed by atoms with Crippen molar-refractivity contribution in [3.05, 3.63) is 36.5 Å². The number of nitrogens with zero attached hydrogens (tertiary/aromatic N) is 1. The van der Waals surface area contributed by atoms with Gasteiger partial charge < -0.3 is 11.1 Å². The molecular weight excluding hydrogens is 248 g/mol. The van der Waals surface area contributed by atoms with Gasteiger partial charge >= 0.3 is 0 Å². The summed E-state index contributed by atoms with van der Waals surface area (Å²) in [5.74, 6) is 0.296. The molecule has 0 aliphatic rings. The molecule has 0 spiro atoms. The van der Waals surface area contributed by atoms with Gasteiger partial charge in [-0.2, -0.15) is 0 Å². The van der Waals surface area contributed by atoms with Gasteiger partial charge in [0, 0.05) is 24.5 Å². The molecule has 4 nitrogen and oxygen atoms in total. The molecule has 1 aromatic heterocycles. The number of aromatic nitrogens is 1. The highest BCUT2D eigenvalue weighted by atomic mass is 14.9. The van der Waals surface area contributed by atoms with Crippen LogP contribution in [0.15, 0.2) is 36.5 Å². The fourth-order valence-corrected chi connectivity index (χ4v) is 2.26. The molecule has 106 valence electrons. The molecule has 1 aromatic carbocycles. The average Bonchev–Trinajstić information content (AvgIpc) is 2.46. The van der Waals surface area contributed by atoms with E-state index in [0.29, 0.717) is 5.84 Å². The fourth-order valence-electron chi connectivity index (χ4n) is 2.26. The third-order valence-electron chi connectivity index (χ3n) is 3.32. The van der Waals surface area contributed by atoms with E-state index in [1.54, 1.807) is 0 Å². The van der Waals surface area contributed by atoms with Crippen molar-refractivity contribution in [2.24, 2.45) is 5.73 Å². The van der Waals surface area contributed by atoms with Crippen LogP contribution in [0.2, 0.25) is 0 Å². The van der Waals surface area contributed by atoms with Crippen molar-refractivity contribution < 1.29 is 0 Å². The number of fused-ring (bicyclic) bond motifs is 1. The van der Waals surface area contributed by atoms with Gasteiger partial charge in [-0.1, -0.05) is 31.0 Å². The van der Waals surface area contributed by atoms with Crippen LogP contribution in [0.25, 0.3) is 10.9 Å². The standard InChI is InChI=1S/C16H22N4/c17-15(18)10-3-1-2-4-11-19-14-9-5-7-13-8-6-12-20-16(13)14/h5-9,12,19H,1-4,10-11H2,(H3,17,18). The summed E-state index contributed by atoms with van der Waals surface area (Å²) in [7, 11) is 0. The van der Waals surface area contributed by atoms with Gasteiger partial charge in [0.05, 0.1) is 17.0 Å². The van der Waals surface area contributed by atoms with Crippen LogP contribution in [0.3, 0.4) is 0 Å². The first-order chi connectivity index (χ1) is 9.77. The zero-order valence-electron chi connectivity index (χ0n) is 11.7. The van der Waals surface area contributed by atoms with Crippen LogP contribution in [0.5, 0.6) is 0 Å². The zero-order chi connectivity index (χ0) is 14.2. The molecule has 0 atom stereocenters. The van der Waals surface area contributed by atoms with Crippen LogP contribution in [0.1, 0.15) is 32.1 Å². The summed E-state index contributed by atoms with van der Waals surface area (Å²) >= 11 is 0. The lowest BCUT2D eigenvalue weighted by Gasteiger charge is -2.08. The quantitative estimate of drug-likeness (QED) is 0.390. The summed E-state index contributed by atoms with van der Waals surface area (Å²) in [6, 6.07) is 10.2. The van der Waals surface area contributed by atoms with E-state index in [0.717, 1.165) is 43.4 Å². The number of amidine groups is 1. The second-order valence-corrected chi connectivity index (χ2v) is 5.00. The van der Waals surface area contributed by atoms with Crippen LogP contribution >= 0.6 is 0 Å². The highest BCUT2D eigenvalue weighted by Gasteiger charge is 2.00. The molecule has 20 heavy (non-hydrogen) atoms. The molecule has 0 bridgehead atoms. The minimum Gasteiger partial charge on any atom is -0.388 e. The first kappa shape index (κ1) is 14.3. The molecule has 0 aliphatic carbocycles. The zero-order valence-corrected chi connectivity index (χ0v) is 11.7. The number of hydrogen-bond donors (Lipinski definition) is 3. The minimum absolute atomic E-state index is 0.296. The molecule has 2 rings (SSSR count). The minimum atomic E-state index is 0.296. The van der Waals surface area contributed by atoms with E-state index >= 15 is 0 Å². The second-order valence-electron chi connectivity index (χ2n) is 5.00. The first-order valence-electron chi connectivity index (χ1n) is 7.18. The Balaban J connectivity index is 1.75. The third kappa shape index (κ3) is 4.23. The SMILES string of the molecule is N=C(N)CCCCCCNc1cccc2cccnc12. The molecule has 0 amide bonds. The molecule has 2 aromatic rings. The fraction of sp³-hybridized carbons (Fsp3) is 0.375. The molecule has 0 aliphatic heterocycles. The third-order valence-corrected chi connectivity index (χ3v) is 3.32. The molecule has 0 unspecified atom stereocenters. The second kappa shape index (κ2) is 7.48. The summed E-state index contributed by atoms with van der Waals surface area (Å²) in [4.78, 5) is 4.43. The number of rotatable bonds is 8. The number of para-hydroxylation sites is 1. The topological polar surface area (TPSA) is 74.8 Å². The molecule has 0 saturated heterocycles. The van der Waals surface area contributed by atoms with E-state index < -0.39 is 0 Å². The number of unbranched alkanes of at least 4 members (excludes halogenated alkanes) is 3. The van der Waals surface area contributed by atoms with Crippen molar-refractivity contribution in [2.45, 2.75) is 32.1 Å². The number of hydrogen-bond acceptors (Lipinski definition) is 3. The van der Waals surface area contributed by atoms with Gasteiger partial charge in [-0.15, -0.1) is 0 Å². The Morgan fingerprint density at radius 3 is 2.75 bits per heavy atom. The molecule has 0 radical (unpaired) electrons. The highest BCUT2D eigenvalue weighted by molar-refractivity contribution is 5.90. The lowest BCUT2D eigenvalue weighted by molar-refractivity contribution is 0.667. The van der Waals surface area contributed by atoms with E-state index in [1.807, 2.05) is 12.3 Å². The summed E-state index contributed by atoms with van der Waals surface area (Å²) in [5.41, 5.74) is 7.46. The van der Waals surface area contributed by atoms with Gasteiger partial charge in [-0.05, 0) is 25.0 Å². The van der Waals surface area contributed by atoms with Crippen molar-refractivity contribution >= 4 is 22.4 Å². The van der Waals surface area contributed by atoms with Crippen molar-refractivity contribution in [3.63, 3.8) is 0 Å². The van der Waals surface area contributed by atoms with Crippen molar-refractivity contribution in [3.8, 4) is 0 Å². The molecular formula is C16H22N4. The smallest absolute Gasteiger partial charge is 0.0933 e. The largest absolute Gasteiger partial charge is 0.388 e. The molecule has 4 heteroatoms. The Labute approximate surface area is 119 Å². The van der Waals surface area contributed by atoms with Crippen LogP contribution < -0.4 is 11.1 Å². The lowest BCUT2D eigenvalue weighted by Crippen LogP contribution is -2.08. The van der Waals surface area contributed by atoms with Crippen molar-refractivity contribution in [2.75, 3.05) is 11.9 Å². The Morgan fingerprint density at radius 2 is 1.90 bits per heavy atom. The summed E-state index contributed by atoms with van der Waals surface area (Å²) < 4.78 is 0. The Hall–Kier alpha value is -2.10. The highest BCUT2D eigenvalue weighted by Crippen LogP contribution is 2.20. The molecule has 0 saturated carbocycles. The number of anilines is 1. The average molecular weight is 270 g/mol. The first-order valence-corrected chi connectivity index (χ1v) is 7.18. The lowest BCUT2D eigenvalue weighted by atomic mass is 10.1. The Kier molecular flexibility index (Phi) is 5.35. The van der Waals surface area contributed by atoms with Gasteiger partial charge in [0.1, 0.15) is 0 Å². The van der Waals surface area contributed by atoms with Crippen LogP contribution in [0, 0.1) is 5.41 Å². The van der Waals surface area contributed by atoms with E-state index in [4.69, 9.17) is 11.1 Å². The monoisotopic (exact) mass is 270 g/mol. The van der Waals surface area contributed by atoms with E-state index in [-0.39, 0.29) is 0 Å². The van der Waals surface area contributed by atoms with E-state index in [2.05, 4.69) is 34.6 Å². The molecule has 4 N–H and O–H groups in total. The van der Waals surface area contributed by atoms with E-state index in [9.17, 15) is 0 Å². The maximum absolute atomic E-state index is 7.16. The maximum atomic E-state index is 7.16. The number of pyridine rings is 1. The number of nitrogens with one attached hydrogen (secondary N) is 2. The molecule has 1 heterocycles. The van der Waals surface area contributed by atoms with Gasteiger partial charge in [-0.3, -0.25) is 10.4 Å². The summed E-state index contributed by atoms with van der Waals surface area (Å²) in [6.07, 6.45) is 7.00. The predicted octanol–water partition coefficient (Wildman–Crippen LogP) is 3.53. The number of benzene rings is 1. The van der Waals surface area contributed by atoms with Crippen LogP contribution in [-0.2, 0) is 0 Å². The van der Waals surface area contributed by atoms with Crippen LogP contribution in [-0.4, -0.2) is 17.4 Å². The Morgan fingerprint density at radius 1 is 1.10 bits per heavy atom. The van der Waals surface area contributed by atoms with Gasteiger partial charge in [0.25, 0.3) is 0 Å². The van der Waals surface area contributed by atoms with E-state index in [1.165, 1.54) is 11.8 Å². The summed E-state index contributed by atoms with van der Waals surface area (Å²) in [6.45, 7) is 0.954. The molecule has 0 fully saturated rings.